The van der Waals surface area contributed by atoms with E-state index < -0.39 is 6.30 Å². The van der Waals surface area contributed by atoms with Crippen molar-refractivity contribution in [3.8, 4) is 0 Å². The quantitative estimate of drug-likeness (QED) is 0.795. The predicted octanol–water partition coefficient (Wildman–Crippen LogP) is 4.01. The Morgan fingerprint density at radius 1 is 0.789 bits per heavy atom. The van der Waals surface area contributed by atoms with Gasteiger partial charge in [-0.25, -0.2) is 4.39 Å². The second-order valence-corrected chi connectivity index (χ2v) is 4.46. The number of rotatable bonds is 2. The molecule has 1 aliphatic heterocycles. The van der Waals surface area contributed by atoms with Gasteiger partial charge in [0.15, 0.2) is 6.30 Å². The lowest BCUT2D eigenvalue weighted by Crippen LogP contribution is -2.24. The van der Waals surface area contributed by atoms with Gasteiger partial charge in [0.05, 0.1) is 0 Å². The van der Waals surface area contributed by atoms with E-state index >= 15 is 0 Å². The first kappa shape index (κ1) is 11.7. The van der Waals surface area contributed by atoms with E-state index in [1.54, 1.807) is 6.08 Å². The van der Waals surface area contributed by atoms with E-state index in [2.05, 4.69) is 5.32 Å². The summed E-state index contributed by atoms with van der Waals surface area (Å²) in [4.78, 5) is 0. The molecule has 94 valence electrons. The lowest BCUT2D eigenvalue weighted by molar-refractivity contribution is 0.371. The fourth-order valence-corrected chi connectivity index (χ4v) is 2.19. The molecule has 1 aliphatic rings. The standard InChI is InChI=1S/C17H14FN/c18-17-12-15(13-7-3-1-4-8-13)11-16(19-17)14-9-5-2-6-10-14/h1-12,17,19H. The minimum Gasteiger partial charge on any atom is -0.352 e. The minimum atomic E-state index is -1.16. The first-order valence-corrected chi connectivity index (χ1v) is 6.28. The number of hydrogen-bond donors (Lipinski definition) is 1. The van der Waals surface area contributed by atoms with Crippen molar-refractivity contribution in [1.82, 2.24) is 5.32 Å². The van der Waals surface area contributed by atoms with E-state index in [1.165, 1.54) is 0 Å². The molecular weight excluding hydrogens is 237 g/mol. The number of halogens is 1. The molecular formula is C17H14FN. The Bertz CT molecular complexity index is 614. The third-order valence-electron chi connectivity index (χ3n) is 3.11. The highest BCUT2D eigenvalue weighted by Crippen LogP contribution is 2.26. The Kier molecular flexibility index (Phi) is 3.15. The first-order chi connectivity index (χ1) is 9.33. The number of benzene rings is 2. The molecule has 0 fully saturated rings. The number of nitrogens with one attached hydrogen (secondary N) is 1. The highest BCUT2D eigenvalue weighted by Gasteiger charge is 2.14. The summed E-state index contributed by atoms with van der Waals surface area (Å²) in [6.45, 7) is 0. The fraction of sp³-hybridized carbons (Fsp3) is 0.0588. The van der Waals surface area contributed by atoms with Crippen molar-refractivity contribution in [3.05, 3.63) is 83.9 Å². The van der Waals surface area contributed by atoms with E-state index in [0.717, 1.165) is 22.4 Å². The highest BCUT2D eigenvalue weighted by atomic mass is 19.1. The van der Waals surface area contributed by atoms with Crippen molar-refractivity contribution in [2.45, 2.75) is 6.30 Å². The Balaban J connectivity index is 2.00. The van der Waals surface area contributed by atoms with E-state index in [4.69, 9.17) is 0 Å². The molecule has 1 atom stereocenters. The lowest BCUT2D eigenvalue weighted by atomic mass is 9.99. The SMILES string of the molecule is FC1C=C(c2ccccc2)C=C(c2ccccc2)N1. The molecule has 19 heavy (non-hydrogen) atoms. The van der Waals surface area contributed by atoms with Crippen LogP contribution in [0.25, 0.3) is 11.3 Å². The van der Waals surface area contributed by atoms with Gasteiger partial charge in [0.1, 0.15) is 0 Å². The van der Waals surface area contributed by atoms with Crippen LogP contribution in [0.5, 0.6) is 0 Å². The van der Waals surface area contributed by atoms with E-state index in [1.807, 2.05) is 66.7 Å². The molecule has 0 aromatic heterocycles. The summed E-state index contributed by atoms with van der Waals surface area (Å²) in [5.41, 5.74) is 3.74. The van der Waals surface area contributed by atoms with Gasteiger partial charge in [-0.1, -0.05) is 60.7 Å². The van der Waals surface area contributed by atoms with Crippen LogP contribution in [0.1, 0.15) is 11.1 Å². The highest BCUT2D eigenvalue weighted by molar-refractivity contribution is 5.85. The largest absolute Gasteiger partial charge is 0.352 e. The molecule has 0 saturated carbocycles. The van der Waals surface area contributed by atoms with Gasteiger partial charge in [0, 0.05) is 5.70 Å². The molecule has 1 N–H and O–H groups in total. The minimum absolute atomic E-state index is 0.814. The maximum atomic E-state index is 13.8. The van der Waals surface area contributed by atoms with Crippen molar-refractivity contribution in [1.29, 1.82) is 0 Å². The Hall–Kier alpha value is -2.35. The first-order valence-electron chi connectivity index (χ1n) is 6.28. The molecule has 0 bridgehead atoms. The van der Waals surface area contributed by atoms with Crippen molar-refractivity contribution in [2.24, 2.45) is 0 Å². The molecule has 0 spiro atoms. The van der Waals surface area contributed by atoms with Crippen LogP contribution >= 0.6 is 0 Å². The molecule has 0 amide bonds. The normalized spacial score (nSPS) is 18.3. The van der Waals surface area contributed by atoms with Gasteiger partial charge in [-0.05, 0) is 28.9 Å². The van der Waals surface area contributed by atoms with Gasteiger partial charge < -0.3 is 5.32 Å². The van der Waals surface area contributed by atoms with Crippen LogP contribution in [0.2, 0.25) is 0 Å². The zero-order chi connectivity index (χ0) is 13.1. The van der Waals surface area contributed by atoms with Crippen LogP contribution in [0.3, 0.4) is 0 Å². The summed E-state index contributed by atoms with van der Waals surface area (Å²) in [6, 6.07) is 19.7. The molecule has 3 rings (SSSR count). The van der Waals surface area contributed by atoms with Gasteiger partial charge in [-0.15, -0.1) is 0 Å². The second kappa shape index (κ2) is 5.11. The third kappa shape index (κ3) is 2.58. The van der Waals surface area contributed by atoms with Crippen LogP contribution < -0.4 is 5.32 Å². The Morgan fingerprint density at radius 2 is 1.37 bits per heavy atom. The molecule has 2 aromatic rings. The van der Waals surface area contributed by atoms with Gasteiger partial charge in [-0.2, -0.15) is 0 Å². The average molecular weight is 251 g/mol. The summed E-state index contributed by atoms with van der Waals surface area (Å²) in [6.07, 6.45) is 2.43. The lowest BCUT2D eigenvalue weighted by Gasteiger charge is -2.20. The monoisotopic (exact) mass is 251 g/mol. The van der Waals surface area contributed by atoms with Crippen molar-refractivity contribution >= 4 is 11.3 Å². The maximum Gasteiger partial charge on any atom is 0.189 e. The Labute approximate surface area is 112 Å². The number of hydrogen-bond acceptors (Lipinski definition) is 1. The van der Waals surface area contributed by atoms with Crippen LogP contribution in [-0.2, 0) is 0 Å². The predicted molar refractivity (Wildman–Crippen MR) is 76.9 cm³/mol. The third-order valence-corrected chi connectivity index (χ3v) is 3.11. The van der Waals surface area contributed by atoms with Crippen molar-refractivity contribution in [2.75, 3.05) is 0 Å². The van der Waals surface area contributed by atoms with Crippen molar-refractivity contribution < 1.29 is 4.39 Å². The maximum absolute atomic E-state index is 13.8. The van der Waals surface area contributed by atoms with Gasteiger partial charge in [0.25, 0.3) is 0 Å². The van der Waals surface area contributed by atoms with Crippen LogP contribution in [0, 0.1) is 0 Å². The molecule has 0 radical (unpaired) electrons. The fourth-order valence-electron chi connectivity index (χ4n) is 2.19. The Morgan fingerprint density at radius 3 is 2.00 bits per heavy atom. The zero-order valence-corrected chi connectivity index (χ0v) is 10.4. The molecule has 1 unspecified atom stereocenters. The van der Waals surface area contributed by atoms with Gasteiger partial charge >= 0.3 is 0 Å². The molecule has 1 heterocycles. The summed E-state index contributed by atoms with van der Waals surface area (Å²) in [5.74, 6) is 0. The molecule has 2 aromatic carbocycles. The summed E-state index contributed by atoms with van der Waals surface area (Å²) in [7, 11) is 0. The van der Waals surface area contributed by atoms with Gasteiger partial charge in [-0.3, -0.25) is 0 Å². The van der Waals surface area contributed by atoms with Crippen LogP contribution in [0.4, 0.5) is 4.39 Å². The zero-order valence-electron chi connectivity index (χ0n) is 10.4. The molecule has 0 aliphatic carbocycles. The number of dihydropyridines is 1. The summed E-state index contributed by atoms with van der Waals surface area (Å²) >= 11 is 0. The van der Waals surface area contributed by atoms with E-state index in [-0.39, 0.29) is 0 Å². The number of alkyl halides is 1. The smallest absolute Gasteiger partial charge is 0.189 e. The molecule has 0 saturated heterocycles. The number of allylic oxidation sites excluding steroid dienone is 2. The topological polar surface area (TPSA) is 12.0 Å². The second-order valence-electron chi connectivity index (χ2n) is 4.46. The van der Waals surface area contributed by atoms with Crippen LogP contribution in [-0.4, -0.2) is 6.30 Å². The summed E-state index contributed by atoms with van der Waals surface area (Å²) in [5, 5.41) is 2.85. The van der Waals surface area contributed by atoms with E-state index in [0.29, 0.717) is 0 Å². The van der Waals surface area contributed by atoms with E-state index in [9.17, 15) is 4.39 Å². The van der Waals surface area contributed by atoms with Crippen molar-refractivity contribution in [3.63, 3.8) is 0 Å². The van der Waals surface area contributed by atoms with Crippen LogP contribution in [0.15, 0.2) is 72.8 Å². The molecule has 1 nitrogen and oxygen atoms in total. The molecule has 2 heteroatoms. The average Bonchev–Trinajstić information content (AvgIpc) is 2.48. The summed E-state index contributed by atoms with van der Waals surface area (Å²) < 4.78 is 13.8. The van der Waals surface area contributed by atoms with Gasteiger partial charge in [0.2, 0.25) is 0 Å².